The number of aromatic nitrogens is 3. The van der Waals surface area contributed by atoms with E-state index in [4.69, 9.17) is 9.97 Å². The molecule has 0 bridgehead atoms. The number of hydrogen-bond donors (Lipinski definition) is 1. The van der Waals surface area contributed by atoms with Crippen LogP contribution in [0.4, 0.5) is 5.82 Å². The molecule has 4 aromatic rings. The second kappa shape index (κ2) is 8.27. The van der Waals surface area contributed by atoms with Gasteiger partial charge in [0.2, 0.25) is 0 Å². The Labute approximate surface area is 166 Å². The van der Waals surface area contributed by atoms with Crippen molar-refractivity contribution in [1.29, 1.82) is 0 Å². The Morgan fingerprint density at radius 1 is 0.852 bits per heavy atom. The van der Waals surface area contributed by atoms with Gasteiger partial charge in [0, 0.05) is 17.9 Å². The highest BCUT2D eigenvalue weighted by Crippen LogP contribution is 2.32. The first-order chi connectivity index (χ1) is 13.3. The van der Waals surface area contributed by atoms with Crippen LogP contribution in [0.1, 0.15) is 11.5 Å². The molecule has 4 rings (SSSR count). The van der Waals surface area contributed by atoms with Gasteiger partial charge in [-0.3, -0.25) is 4.98 Å². The molecule has 4 nitrogen and oxygen atoms in total. The second-order valence-electron chi connectivity index (χ2n) is 6.17. The van der Waals surface area contributed by atoms with Crippen LogP contribution < -0.4 is 5.32 Å². The standard InChI is InChI=1S/C22H19BrN4/c23-13-12-20-26-19-11-6-10-18(16-7-2-1-3-8-16)21(19)22(27-20)25-15-17-9-4-5-14-24-17/h1-11,14H,12-13,15H2,(H,25,26,27). The van der Waals surface area contributed by atoms with E-state index < -0.39 is 0 Å². The fraction of sp³-hybridized carbons (Fsp3) is 0.136. The maximum absolute atomic E-state index is 4.81. The summed E-state index contributed by atoms with van der Waals surface area (Å²) in [6.45, 7) is 0.615. The van der Waals surface area contributed by atoms with Crippen molar-refractivity contribution in [3.8, 4) is 11.1 Å². The Bertz CT molecular complexity index is 1040. The predicted molar refractivity (Wildman–Crippen MR) is 114 cm³/mol. The number of hydrogen-bond acceptors (Lipinski definition) is 4. The third-order valence-corrected chi connectivity index (χ3v) is 4.73. The molecule has 5 heteroatoms. The normalized spacial score (nSPS) is 10.9. The topological polar surface area (TPSA) is 50.7 Å². The second-order valence-corrected chi connectivity index (χ2v) is 6.96. The van der Waals surface area contributed by atoms with E-state index in [1.54, 1.807) is 6.20 Å². The number of nitrogens with zero attached hydrogens (tertiary/aromatic N) is 3. The number of fused-ring (bicyclic) bond motifs is 1. The van der Waals surface area contributed by atoms with E-state index in [-0.39, 0.29) is 0 Å². The molecule has 0 spiro atoms. The first-order valence-corrected chi connectivity index (χ1v) is 10.0. The van der Waals surface area contributed by atoms with Gasteiger partial charge in [0.1, 0.15) is 11.6 Å². The highest BCUT2D eigenvalue weighted by molar-refractivity contribution is 9.09. The van der Waals surface area contributed by atoms with Crippen LogP contribution in [0.15, 0.2) is 72.9 Å². The fourth-order valence-electron chi connectivity index (χ4n) is 3.09. The summed E-state index contributed by atoms with van der Waals surface area (Å²) in [7, 11) is 0. The third-order valence-electron chi connectivity index (χ3n) is 4.34. The number of pyridine rings is 1. The van der Waals surface area contributed by atoms with Crippen LogP contribution in [0.3, 0.4) is 0 Å². The number of aryl methyl sites for hydroxylation is 1. The van der Waals surface area contributed by atoms with Crippen LogP contribution >= 0.6 is 15.9 Å². The van der Waals surface area contributed by atoms with Crippen molar-refractivity contribution in [2.75, 3.05) is 10.6 Å². The predicted octanol–water partition coefficient (Wildman–Crippen LogP) is 5.24. The summed E-state index contributed by atoms with van der Waals surface area (Å²) >= 11 is 3.49. The van der Waals surface area contributed by atoms with Gasteiger partial charge < -0.3 is 5.32 Å². The molecular weight excluding hydrogens is 400 g/mol. The number of nitrogens with one attached hydrogen (secondary N) is 1. The van der Waals surface area contributed by atoms with Crippen molar-refractivity contribution in [1.82, 2.24) is 15.0 Å². The summed E-state index contributed by atoms with van der Waals surface area (Å²) < 4.78 is 0. The lowest BCUT2D eigenvalue weighted by Crippen LogP contribution is -2.07. The number of alkyl halides is 1. The molecule has 2 heterocycles. The highest BCUT2D eigenvalue weighted by atomic mass is 79.9. The van der Waals surface area contributed by atoms with E-state index >= 15 is 0 Å². The monoisotopic (exact) mass is 418 g/mol. The molecule has 0 fully saturated rings. The molecule has 0 atom stereocenters. The molecule has 0 saturated heterocycles. The molecule has 1 N–H and O–H groups in total. The smallest absolute Gasteiger partial charge is 0.138 e. The Kier molecular flexibility index (Phi) is 5.39. The summed E-state index contributed by atoms with van der Waals surface area (Å²) in [6.07, 6.45) is 2.59. The molecular formula is C22H19BrN4. The van der Waals surface area contributed by atoms with Crippen LogP contribution in [0.25, 0.3) is 22.0 Å². The lowest BCUT2D eigenvalue weighted by atomic mass is 10.0. The zero-order valence-electron chi connectivity index (χ0n) is 14.8. The average molecular weight is 419 g/mol. The SMILES string of the molecule is BrCCc1nc(NCc2ccccn2)c2c(-c3ccccc3)cccc2n1. The van der Waals surface area contributed by atoms with Gasteiger partial charge in [-0.2, -0.15) is 0 Å². The summed E-state index contributed by atoms with van der Waals surface area (Å²) in [4.78, 5) is 14.0. The molecule has 2 aromatic heterocycles. The lowest BCUT2D eigenvalue weighted by molar-refractivity contribution is 0.957. The molecule has 134 valence electrons. The first-order valence-electron chi connectivity index (χ1n) is 8.90. The molecule has 0 aliphatic carbocycles. The van der Waals surface area contributed by atoms with Crippen LogP contribution in [-0.4, -0.2) is 20.3 Å². The molecule has 0 aliphatic heterocycles. The summed E-state index contributed by atoms with van der Waals surface area (Å²) in [5, 5.41) is 5.35. The first kappa shape index (κ1) is 17.6. The number of halogens is 1. The molecule has 0 unspecified atom stereocenters. The summed E-state index contributed by atoms with van der Waals surface area (Å²) in [5.74, 6) is 1.68. The fourth-order valence-corrected chi connectivity index (χ4v) is 3.45. The number of rotatable bonds is 6. The quantitative estimate of drug-likeness (QED) is 0.434. The van der Waals surface area contributed by atoms with Crippen molar-refractivity contribution in [3.05, 3.63) is 84.4 Å². The minimum Gasteiger partial charge on any atom is -0.364 e. The van der Waals surface area contributed by atoms with Crippen molar-refractivity contribution < 1.29 is 0 Å². The minimum atomic E-state index is 0.615. The van der Waals surface area contributed by atoms with Crippen molar-refractivity contribution in [2.24, 2.45) is 0 Å². The van der Waals surface area contributed by atoms with Crippen LogP contribution in [-0.2, 0) is 13.0 Å². The molecule has 0 saturated carbocycles. The van der Waals surface area contributed by atoms with E-state index in [9.17, 15) is 0 Å². The molecule has 0 radical (unpaired) electrons. The average Bonchev–Trinajstić information content (AvgIpc) is 2.73. The van der Waals surface area contributed by atoms with Crippen molar-refractivity contribution >= 4 is 32.7 Å². The Morgan fingerprint density at radius 2 is 1.70 bits per heavy atom. The highest BCUT2D eigenvalue weighted by Gasteiger charge is 2.13. The van der Waals surface area contributed by atoms with Crippen LogP contribution in [0, 0.1) is 0 Å². The molecule has 27 heavy (non-hydrogen) atoms. The van der Waals surface area contributed by atoms with E-state index in [1.807, 2.05) is 30.3 Å². The van der Waals surface area contributed by atoms with Crippen LogP contribution in [0.2, 0.25) is 0 Å². The van der Waals surface area contributed by atoms with Gasteiger partial charge in [-0.05, 0) is 29.3 Å². The van der Waals surface area contributed by atoms with E-state index in [2.05, 4.69) is 62.6 Å². The van der Waals surface area contributed by atoms with E-state index in [0.717, 1.165) is 51.1 Å². The Morgan fingerprint density at radius 3 is 2.48 bits per heavy atom. The van der Waals surface area contributed by atoms with Gasteiger partial charge in [0.25, 0.3) is 0 Å². The molecule has 0 aliphatic rings. The van der Waals surface area contributed by atoms with E-state index in [1.165, 1.54) is 0 Å². The number of benzene rings is 2. The van der Waals surface area contributed by atoms with Gasteiger partial charge in [0.05, 0.1) is 23.1 Å². The summed E-state index contributed by atoms with van der Waals surface area (Å²) in [6, 6.07) is 22.5. The Hall–Kier alpha value is -2.79. The van der Waals surface area contributed by atoms with Crippen LogP contribution in [0.5, 0.6) is 0 Å². The maximum atomic E-state index is 4.81. The molecule has 0 amide bonds. The largest absolute Gasteiger partial charge is 0.364 e. The summed E-state index contributed by atoms with van der Waals surface area (Å²) in [5.41, 5.74) is 4.21. The van der Waals surface area contributed by atoms with Gasteiger partial charge in [-0.15, -0.1) is 0 Å². The third kappa shape index (κ3) is 3.98. The van der Waals surface area contributed by atoms with Crippen molar-refractivity contribution in [3.63, 3.8) is 0 Å². The zero-order chi connectivity index (χ0) is 18.5. The van der Waals surface area contributed by atoms with E-state index in [0.29, 0.717) is 6.54 Å². The zero-order valence-corrected chi connectivity index (χ0v) is 16.4. The van der Waals surface area contributed by atoms with Gasteiger partial charge in [-0.1, -0.05) is 64.5 Å². The maximum Gasteiger partial charge on any atom is 0.138 e. The van der Waals surface area contributed by atoms with Gasteiger partial charge >= 0.3 is 0 Å². The van der Waals surface area contributed by atoms with Gasteiger partial charge in [-0.25, -0.2) is 9.97 Å². The minimum absolute atomic E-state index is 0.615. The molecule has 2 aromatic carbocycles. The lowest BCUT2D eigenvalue weighted by Gasteiger charge is -2.14. The van der Waals surface area contributed by atoms with Gasteiger partial charge in [0.15, 0.2) is 0 Å². The number of anilines is 1. The Balaban J connectivity index is 1.83. The van der Waals surface area contributed by atoms with Crippen molar-refractivity contribution in [2.45, 2.75) is 13.0 Å².